The van der Waals surface area contributed by atoms with Crippen molar-refractivity contribution in [3.63, 3.8) is 0 Å². The number of hydrogen-bond acceptors (Lipinski definition) is 2. The maximum absolute atomic E-state index is 5.71. The van der Waals surface area contributed by atoms with Gasteiger partial charge in [-0.2, -0.15) is 0 Å². The van der Waals surface area contributed by atoms with Gasteiger partial charge in [-0.3, -0.25) is 0 Å². The van der Waals surface area contributed by atoms with E-state index in [0.717, 1.165) is 11.5 Å². The first kappa shape index (κ1) is 12.6. The molecule has 17 heavy (non-hydrogen) atoms. The molecule has 1 unspecified atom stereocenters. The summed E-state index contributed by atoms with van der Waals surface area (Å²) in [6.45, 7) is 2.24. The SMILES string of the molecule is CC1(CC2CCCCC2)C=C(C(N)=S)C=CN1. The zero-order chi connectivity index (χ0) is 12.3. The molecule has 0 aromatic carbocycles. The van der Waals surface area contributed by atoms with Crippen molar-refractivity contribution in [2.75, 3.05) is 0 Å². The normalized spacial score (nSPS) is 29.6. The molecule has 0 amide bonds. The minimum absolute atomic E-state index is 0.0233. The number of rotatable bonds is 3. The lowest BCUT2D eigenvalue weighted by Gasteiger charge is -2.35. The Bertz CT molecular complexity index is 353. The van der Waals surface area contributed by atoms with E-state index in [1.54, 1.807) is 0 Å². The van der Waals surface area contributed by atoms with Gasteiger partial charge in [0.05, 0.1) is 5.54 Å². The molecule has 2 rings (SSSR count). The molecule has 1 saturated carbocycles. The predicted octanol–water partition coefficient (Wildman–Crippen LogP) is 3.04. The highest BCUT2D eigenvalue weighted by Gasteiger charge is 2.28. The van der Waals surface area contributed by atoms with Gasteiger partial charge in [0.15, 0.2) is 0 Å². The van der Waals surface area contributed by atoms with Crippen molar-refractivity contribution in [3.8, 4) is 0 Å². The molecule has 3 N–H and O–H groups in total. The van der Waals surface area contributed by atoms with Crippen LogP contribution in [0.2, 0.25) is 0 Å². The summed E-state index contributed by atoms with van der Waals surface area (Å²) in [7, 11) is 0. The lowest BCUT2D eigenvalue weighted by Crippen LogP contribution is -2.42. The van der Waals surface area contributed by atoms with E-state index in [0.29, 0.717) is 4.99 Å². The smallest absolute Gasteiger partial charge is 0.103 e. The molecular formula is C14H22N2S. The predicted molar refractivity (Wildman–Crippen MR) is 76.7 cm³/mol. The van der Waals surface area contributed by atoms with E-state index >= 15 is 0 Å². The standard InChI is InChI=1S/C14H22N2S/c1-14(9-11-5-3-2-4-6-11)10-12(13(15)17)7-8-16-14/h7-8,10-11,16H,2-6,9H2,1H3,(H2,15,17). The molecule has 1 atom stereocenters. The third-order valence-corrected chi connectivity index (χ3v) is 4.11. The van der Waals surface area contributed by atoms with Gasteiger partial charge in [0.1, 0.15) is 4.99 Å². The van der Waals surface area contributed by atoms with Crippen LogP contribution in [0, 0.1) is 5.92 Å². The van der Waals surface area contributed by atoms with Crippen molar-refractivity contribution in [2.24, 2.45) is 11.7 Å². The van der Waals surface area contributed by atoms with Crippen molar-refractivity contribution in [1.29, 1.82) is 0 Å². The van der Waals surface area contributed by atoms with Gasteiger partial charge in [-0.25, -0.2) is 0 Å². The van der Waals surface area contributed by atoms with E-state index in [1.165, 1.54) is 38.5 Å². The van der Waals surface area contributed by atoms with E-state index in [2.05, 4.69) is 18.3 Å². The van der Waals surface area contributed by atoms with Gasteiger partial charge >= 0.3 is 0 Å². The Labute approximate surface area is 109 Å². The summed E-state index contributed by atoms with van der Waals surface area (Å²) in [6, 6.07) is 0. The van der Waals surface area contributed by atoms with Crippen LogP contribution in [0.5, 0.6) is 0 Å². The van der Waals surface area contributed by atoms with Crippen molar-refractivity contribution in [1.82, 2.24) is 5.32 Å². The molecule has 0 aromatic heterocycles. The Morgan fingerprint density at radius 3 is 2.82 bits per heavy atom. The Balaban J connectivity index is 2.03. The largest absolute Gasteiger partial charge is 0.389 e. The van der Waals surface area contributed by atoms with Crippen LogP contribution >= 0.6 is 12.2 Å². The Kier molecular flexibility index (Phi) is 3.87. The number of thiocarbonyl (C=S) groups is 1. The number of hydrogen-bond donors (Lipinski definition) is 2. The first-order valence-electron chi connectivity index (χ1n) is 6.56. The van der Waals surface area contributed by atoms with Crippen molar-refractivity contribution >= 4 is 17.2 Å². The van der Waals surface area contributed by atoms with Crippen molar-refractivity contribution < 1.29 is 0 Å². The zero-order valence-corrected chi connectivity index (χ0v) is 11.4. The number of dihydropyridines is 1. The molecule has 94 valence electrons. The molecule has 0 spiro atoms. The highest BCUT2D eigenvalue weighted by molar-refractivity contribution is 7.80. The third-order valence-electron chi connectivity index (χ3n) is 3.87. The summed E-state index contributed by atoms with van der Waals surface area (Å²) in [5.41, 5.74) is 6.73. The Morgan fingerprint density at radius 1 is 1.47 bits per heavy atom. The number of nitrogens with two attached hydrogens (primary N) is 1. The summed E-state index contributed by atoms with van der Waals surface area (Å²) in [6.07, 6.45) is 14.3. The van der Waals surface area contributed by atoms with Crippen LogP contribution in [0.15, 0.2) is 23.9 Å². The van der Waals surface area contributed by atoms with E-state index in [9.17, 15) is 0 Å². The van der Waals surface area contributed by atoms with Crippen LogP contribution in [-0.2, 0) is 0 Å². The summed E-state index contributed by atoms with van der Waals surface area (Å²) in [5, 5.41) is 3.46. The minimum atomic E-state index is 0.0233. The molecule has 1 heterocycles. The van der Waals surface area contributed by atoms with Crippen LogP contribution in [0.25, 0.3) is 0 Å². The van der Waals surface area contributed by atoms with Crippen LogP contribution in [0.1, 0.15) is 45.4 Å². The lowest BCUT2D eigenvalue weighted by atomic mass is 9.79. The fraction of sp³-hybridized carbons (Fsp3) is 0.643. The summed E-state index contributed by atoms with van der Waals surface area (Å²) in [4.78, 5) is 0.498. The molecule has 3 heteroatoms. The zero-order valence-electron chi connectivity index (χ0n) is 10.5. The van der Waals surface area contributed by atoms with Gasteiger partial charge in [0.25, 0.3) is 0 Å². The average Bonchev–Trinajstić information content (AvgIpc) is 2.29. The van der Waals surface area contributed by atoms with Gasteiger partial charge in [0, 0.05) is 5.57 Å². The molecule has 0 saturated heterocycles. The van der Waals surface area contributed by atoms with Crippen LogP contribution < -0.4 is 11.1 Å². The second-order valence-electron chi connectivity index (χ2n) is 5.57. The van der Waals surface area contributed by atoms with Crippen molar-refractivity contribution in [2.45, 2.75) is 51.0 Å². The van der Waals surface area contributed by atoms with Gasteiger partial charge < -0.3 is 11.1 Å². The summed E-state index contributed by atoms with van der Waals surface area (Å²) in [5.74, 6) is 0.844. The van der Waals surface area contributed by atoms with Gasteiger partial charge in [-0.15, -0.1) is 0 Å². The fourth-order valence-electron chi connectivity index (χ4n) is 3.02. The van der Waals surface area contributed by atoms with E-state index in [1.807, 2.05) is 12.3 Å². The molecule has 2 aliphatic rings. The average molecular weight is 250 g/mol. The number of nitrogens with one attached hydrogen (secondary N) is 1. The lowest BCUT2D eigenvalue weighted by molar-refractivity contribution is 0.279. The monoisotopic (exact) mass is 250 g/mol. The second kappa shape index (κ2) is 5.21. The van der Waals surface area contributed by atoms with Crippen LogP contribution in [-0.4, -0.2) is 10.5 Å². The maximum Gasteiger partial charge on any atom is 0.103 e. The first-order chi connectivity index (χ1) is 8.09. The van der Waals surface area contributed by atoms with Crippen LogP contribution in [0.3, 0.4) is 0 Å². The van der Waals surface area contributed by atoms with Gasteiger partial charge in [0.2, 0.25) is 0 Å². The molecule has 0 bridgehead atoms. The quantitative estimate of drug-likeness (QED) is 0.756. The molecule has 2 nitrogen and oxygen atoms in total. The molecule has 0 radical (unpaired) electrons. The summed E-state index contributed by atoms with van der Waals surface area (Å²) < 4.78 is 0. The third kappa shape index (κ3) is 3.32. The fourth-order valence-corrected chi connectivity index (χ4v) is 3.14. The highest BCUT2D eigenvalue weighted by atomic mass is 32.1. The molecule has 1 aliphatic heterocycles. The van der Waals surface area contributed by atoms with Crippen molar-refractivity contribution in [3.05, 3.63) is 23.9 Å². The first-order valence-corrected chi connectivity index (χ1v) is 6.97. The van der Waals surface area contributed by atoms with Crippen LogP contribution in [0.4, 0.5) is 0 Å². The second-order valence-corrected chi connectivity index (χ2v) is 6.01. The molecule has 1 aliphatic carbocycles. The highest BCUT2D eigenvalue weighted by Crippen LogP contribution is 2.32. The molecule has 1 fully saturated rings. The molecular weight excluding hydrogens is 228 g/mol. The molecule has 0 aromatic rings. The summed E-state index contributed by atoms with van der Waals surface area (Å²) >= 11 is 5.05. The van der Waals surface area contributed by atoms with E-state index in [-0.39, 0.29) is 5.54 Å². The van der Waals surface area contributed by atoms with E-state index in [4.69, 9.17) is 18.0 Å². The van der Waals surface area contributed by atoms with E-state index < -0.39 is 0 Å². The Morgan fingerprint density at radius 2 is 2.18 bits per heavy atom. The Hall–Kier alpha value is -0.830. The topological polar surface area (TPSA) is 38.0 Å². The minimum Gasteiger partial charge on any atom is -0.389 e. The van der Waals surface area contributed by atoms with Gasteiger partial charge in [-0.05, 0) is 37.6 Å². The maximum atomic E-state index is 5.71. The van der Waals surface area contributed by atoms with Gasteiger partial charge in [-0.1, -0.05) is 44.3 Å².